The highest BCUT2D eigenvalue weighted by Crippen LogP contribution is 2.32. The Hall–Kier alpha value is -4.39. The van der Waals surface area contributed by atoms with Crippen LogP contribution in [-0.2, 0) is 0 Å². The average Bonchev–Trinajstić information content (AvgIpc) is 2.92. The molecular weight excluding hydrogens is 496 g/mol. The Kier molecular flexibility index (Phi) is 8.26. The summed E-state index contributed by atoms with van der Waals surface area (Å²) in [5.41, 5.74) is 1.78. The smallest absolute Gasteiger partial charge is 0.343 e. The molecule has 0 aliphatic heterocycles. The van der Waals surface area contributed by atoms with Crippen molar-refractivity contribution in [3.8, 4) is 33.8 Å². The molecule has 0 bridgehead atoms. The van der Waals surface area contributed by atoms with Gasteiger partial charge in [0.1, 0.15) is 0 Å². The van der Waals surface area contributed by atoms with Gasteiger partial charge in [0.05, 0.1) is 12.2 Å². The molecule has 4 aromatic rings. The van der Waals surface area contributed by atoms with E-state index in [0.29, 0.717) is 24.0 Å². The molecule has 0 saturated heterocycles. The third kappa shape index (κ3) is 5.78. The van der Waals surface area contributed by atoms with Crippen LogP contribution in [0.15, 0.2) is 85.5 Å². The maximum Gasteiger partial charge on any atom is 0.343 e. The first-order chi connectivity index (χ1) is 18.3. The van der Waals surface area contributed by atoms with Crippen LogP contribution in [0.25, 0.3) is 22.3 Å². The van der Waals surface area contributed by atoms with E-state index in [-0.39, 0.29) is 29.0 Å². The van der Waals surface area contributed by atoms with Gasteiger partial charge in [0.15, 0.2) is 23.1 Å². The Labute approximate surface area is 218 Å². The van der Waals surface area contributed by atoms with Crippen molar-refractivity contribution >= 4 is 5.97 Å². The van der Waals surface area contributed by atoms with Crippen LogP contribution in [0.1, 0.15) is 28.8 Å². The monoisotopic (exact) mass is 520 g/mol. The Bertz CT molecular complexity index is 1460. The second-order valence-corrected chi connectivity index (χ2v) is 8.59. The van der Waals surface area contributed by atoms with Crippen molar-refractivity contribution in [1.82, 2.24) is 0 Å². The number of allylic oxidation sites excluding steroid dienone is 1. The molecule has 0 atom stereocenters. The molecule has 0 heterocycles. The molecule has 38 heavy (non-hydrogen) atoms. The van der Waals surface area contributed by atoms with Crippen LogP contribution in [0.3, 0.4) is 0 Å². The Morgan fingerprint density at radius 1 is 0.737 bits per heavy atom. The van der Waals surface area contributed by atoms with Crippen LogP contribution in [0.2, 0.25) is 0 Å². The normalized spacial score (nSPS) is 10.8. The minimum Gasteiger partial charge on any atom is -0.490 e. The van der Waals surface area contributed by atoms with E-state index >= 15 is 0 Å². The summed E-state index contributed by atoms with van der Waals surface area (Å²) in [5, 5.41) is 0. The van der Waals surface area contributed by atoms with Crippen molar-refractivity contribution in [1.29, 1.82) is 0 Å². The van der Waals surface area contributed by atoms with Gasteiger partial charge in [-0.3, -0.25) is 0 Å². The van der Waals surface area contributed by atoms with E-state index in [1.165, 1.54) is 48.5 Å². The number of ether oxygens (including phenoxy) is 2. The third-order valence-electron chi connectivity index (χ3n) is 5.90. The Morgan fingerprint density at radius 2 is 1.26 bits per heavy atom. The van der Waals surface area contributed by atoms with Gasteiger partial charge in [-0.25, -0.2) is 13.6 Å². The fourth-order valence-electron chi connectivity index (χ4n) is 3.79. The predicted molar refractivity (Wildman–Crippen MR) is 138 cm³/mol. The summed E-state index contributed by atoms with van der Waals surface area (Å²) in [6.07, 6.45) is 3.02. The molecule has 0 radical (unpaired) electrons. The summed E-state index contributed by atoms with van der Waals surface area (Å²) < 4.78 is 68.9. The molecule has 0 aliphatic rings. The lowest BCUT2D eigenvalue weighted by Gasteiger charge is -2.11. The second kappa shape index (κ2) is 11.8. The van der Waals surface area contributed by atoms with Gasteiger partial charge >= 0.3 is 5.97 Å². The molecule has 4 aromatic carbocycles. The predicted octanol–water partition coefficient (Wildman–Crippen LogP) is 8.45. The number of carbonyl (C=O) groups excluding carboxylic acids is 1. The lowest BCUT2D eigenvalue weighted by molar-refractivity contribution is 0.0726. The largest absolute Gasteiger partial charge is 0.490 e. The van der Waals surface area contributed by atoms with Crippen molar-refractivity contribution in [3.63, 3.8) is 0 Å². The van der Waals surface area contributed by atoms with E-state index in [0.717, 1.165) is 5.56 Å². The van der Waals surface area contributed by atoms with Crippen LogP contribution in [0.4, 0.5) is 17.6 Å². The maximum absolute atomic E-state index is 14.7. The van der Waals surface area contributed by atoms with Gasteiger partial charge in [0.2, 0.25) is 11.6 Å². The van der Waals surface area contributed by atoms with Crippen LogP contribution < -0.4 is 9.47 Å². The topological polar surface area (TPSA) is 35.5 Å². The zero-order valence-electron chi connectivity index (χ0n) is 20.6. The number of halogens is 4. The molecule has 0 spiro atoms. The van der Waals surface area contributed by atoms with E-state index in [1.807, 2.05) is 6.92 Å². The minimum atomic E-state index is -1.29. The highest BCUT2D eigenvalue weighted by molar-refractivity contribution is 5.91. The standard InChI is InChI=1S/C31H24F4O3/c1-3-4-5-18-37-25-16-14-23(27(32)29(25)34)21-10-12-22(13-11-21)31(36)38-26-17-15-24(28(33)30(26)35)20-8-6-19(2)7-9-20/h3,6-17H,1,4-5,18H2,2H3. The van der Waals surface area contributed by atoms with Crippen LogP contribution in [0, 0.1) is 30.2 Å². The van der Waals surface area contributed by atoms with Gasteiger partial charge in [-0.05, 0) is 67.3 Å². The number of esters is 1. The molecular formula is C31H24F4O3. The van der Waals surface area contributed by atoms with Gasteiger partial charge in [0, 0.05) is 11.1 Å². The van der Waals surface area contributed by atoms with Crippen molar-refractivity contribution in [3.05, 3.63) is 120 Å². The van der Waals surface area contributed by atoms with Gasteiger partial charge in [0.25, 0.3) is 0 Å². The summed E-state index contributed by atoms with van der Waals surface area (Å²) >= 11 is 0. The number of rotatable bonds is 9. The van der Waals surface area contributed by atoms with E-state index in [2.05, 4.69) is 6.58 Å². The summed E-state index contributed by atoms with van der Waals surface area (Å²) in [7, 11) is 0. The zero-order chi connectivity index (χ0) is 27.2. The first-order valence-corrected chi connectivity index (χ1v) is 11.9. The SMILES string of the molecule is C=CCCCOc1ccc(-c2ccc(C(=O)Oc3ccc(-c4ccc(C)cc4)c(F)c3F)cc2)c(F)c1F. The summed E-state index contributed by atoms with van der Waals surface area (Å²) in [6.45, 7) is 5.69. The molecule has 3 nitrogen and oxygen atoms in total. The molecule has 0 aliphatic carbocycles. The van der Waals surface area contributed by atoms with Crippen molar-refractivity contribution in [2.24, 2.45) is 0 Å². The van der Waals surface area contributed by atoms with E-state index in [9.17, 15) is 22.4 Å². The van der Waals surface area contributed by atoms with Gasteiger partial charge in [-0.1, -0.05) is 48.0 Å². The lowest BCUT2D eigenvalue weighted by atomic mass is 10.0. The van der Waals surface area contributed by atoms with Crippen LogP contribution in [-0.4, -0.2) is 12.6 Å². The van der Waals surface area contributed by atoms with Gasteiger partial charge in [-0.15, -0.1) is 6.58 Å². The lowest BCUT2D eigenvalue weighted by Crippen LogP contribution is -2.10. The summed E-state index contributed by atoms with van der Waals surface area (Å²) in [6, 6.07) is 17.6. The number of hydrogen-bond acceptors (Lipinski definition) is 3. The first-order valence-electron chi connectivity index (χ1n) is 11.9. The quantitative estimate of drug-likeness (QED) is 0.0730. The van der Waals surface area contributed by atoms with Gasteiger partial charge in [-0.2, -0.15) is 8.78 Å². The minimum absolute atomic E-state index is 0.0132. The van der Waals surface area contributed by atoms with Crippen molar-refractivity contribution in [2.75, 3.05) is 6.61 Å². The maximum atomic E-state index is 14.7. The third-order valence-corrected chi connectivity index (χ3v) is 5.90. The number of unbranched alkanes of at least 4 members (excludes halogenated alkanes) is 1. The second-order valence-electron chi connectivity index (χ2n) is 8.59. The molecule has 0 aromatic heterocycles. The van der Waals surface area contributed by atoms with E-state index < -0.39 is 35.0 Å². The summed E-state index contributed by atoms with van der Waals surface area (Å²) in [5.74, 6) is -6.34. The molecule has 7 heteroatoms. The first kappa shape index (κ1) is 26.7. The average molecular weight is 521 g/mol. The van der Waals surface area contributed by atoms with Gasteiger partial charge < -0.3 is 9.47 Å². The highest BCUT2D eigenvalue weighted by atomic mass is 19.2. The number of hydrogen-bond donors (Lipinski definition) is 0. The van der Waals surface area contributed by atoms with Crippen LogP contribution >= 0.6 is 0 Å². The molecule has 194 valence electrons. The fraction of sp³-hybridized carbons (Fsp3) is 0.129. The molecule has 4 rings (SSSR count). The fourth-order valence-corrected chi connectivity index (χ4v) is 3.79. The van der Waals surface area contributed by atoms with E-state index in [1.54, 1.807) is 30.3 Å². The number of benzene rings is 4. The Balaban J connectivity index is 1.48. The summed E-state index contributed by atoms with van der Waals surface area (Å²) in [4.78, 5) is 12.6. The Morgan fingerprint density at radius 3 is 1.84 bits per heavy atom. The molecule has 0 fully saturated rings. The number of carbonyl (C=O) groups is 1. The van der Waals surface area contributed by atoms with Crippen LogP contribution in [0.5, 0.6) is 11.5 Å². The zero-order valence-corrected chi connectivity index (χ0v) is 20.6. The van der Waals surface area contributed by atoms with Crippen molar-refractivity contribution in [2.45, 2.75) is 19.8 Å². The van der Waals surface area contributed by atoms with Crippen molar-refractivity contribution < 1.29 is 31.8 Å². The molecule has 0 unspecified atom stereocenters. The molecule has 0 N–H and O–H groups in total. The molecule has 0 saturated carbocycles. The highest BCUT2D eigenvalue weighted by Gasteiger charge is 2.20. The molecule has 0 amide bonds. The van der Waals surface area contributed by atoms with E-state index in [4.69, 9.17) is 9.47 Å². The number of aryl methyl sites for hydroxylation is 1.